The van der Waals surface area contributed by atoms with E-state index in [9.17, 15) is 0 Å². The summed E-state index contributed by atoms with van der Waals surface area (Å²) < 4.78 is 0. The molecule has 0 aliphatic carbocycles. The number of benzene rings is 2. The SMILES string of the molecule is Cc1ccc(C(N)c2cc(C)c(C)cc2C)cc1C. The van der Waals surface area contributed by atoms with Crippen LogP contribution in [0.1, 0.15) is 45.0 Å². The van der Waals surface area contributed by atoms with Gasteiger partial charge >= 0.3 is 0 Å². The minimum atomic E-state index is -0.0430. The predicted octanol–water partition coefficient (Wildman–Crippen LogP) is 4.28. The summed E-state index contributed by atoms with van der Waals surface area (Å²) in [6.45, 7) is 10.7. The fourth-order valence-electron chi connectivity index (χ4n) is 2.46. The lowest BCUT2D eigenvalue weighted by molar-refractivity contribution is 0.856. The highest BCUT2D eigenvalue weighted by Crippen LogP contribution is 2.26. The topological polar surface area (TPSA) is 26.0 Å². The number of hydrogen-bond donors (Lipinski definition) is 1. The van der Waals surface area contributed by atoms with Crippen LogP contribution in [0.3, 0.4) is 0 Å². The van der Waals surface area contributed by atoms with Crippen molar-refractivity contribution in [3.63, 3.8) is 0 Å². The minimum absolute atomic E-state index is 0.0430. The van der Waals surface area contributed by atoms with Gasteiger partial charge in [0, 0.05) is 0 Å². The number of nitrogens with two attached hydrogens (primary N) is 1. The second-order valence-electron chi connectivity index (χ2n) is 5.61. The smallest absolute Gasteiger partial charge is 0.0554 e. The lowest BCUT2D eigenvalue weighted by Gasteiger charge is -2.18. The maximum Gasteiger partial charge on any atom is 0.0554 e. The molecule has 0 heterocycles. The summed E-state index contributed by atoms with van der Waals surface area (Å²) in [5, 5.41) is 0. The highest BCUT2D eigenvalue weighted by molar-refractivity contribution is 5.43. The van der Waals surface area contributed by atoms with Crippen molar-refractivity contribution in [1.29, 1.82) is 0 Å². The van der Waals surface area contributed by atoms with E-state index >= 15 is 0 Å². The van der Waals surface area contributed by atoms with Gasteiger partial charge in [0.25, 0.3) is 0 Å². The molecule has 0 fully saturated rings. The molecular weight excluding hydrogens is 230 g/mol. The van der Waals surface area contributed by atoms with Crippen LogP contribution in [0.15, 0.2) is 30.3 Å². The molecule has 0 radical (unpaired) electrons. The molecule has 0 saturated heterocycles. The van der Waals surface area contributed by atoms with Crippen LogP contribution in [-0.4, -0.2) is 0 Å². The van der Waals surface area contributed by atoms with Gasteiger partial charge in [-0.25, -0.2) is 0 Å². The summed E-state index contributed by atoms with van der Waals surface area (Å²) in [5.41, 5.74) is 15.4. The van der Waals surface area contributed by atoms with Crippen molar-refractivity contribution in [3.05, 3.63) is 69.3 Å². The number of rotatable bonds is 2. The largest absolute Gasteiger partial charge is 0.320 e. The normalized spacial score (nSPS) is 12.5. The Morgan fingerprint density at radius 1 is 0.684 bits per heavy atom. The third-order valence-corrected chi connectivity index (χ3v) is 4.11. The van der Waals surface area contributed by atoms with E-state index in [1.165, 1.54) is 38.9 Å². The second-order valence-corrected chi connectivity index (χ2v) is 5.61. The quantitative estimate of drug-likeness (QED) is 0.849. The Kier molecular flexibility index (Phi) is 3.77. The van der Waals surface area contributed by atoms with Crippen LogP contribution in [0.25, 0.3) is 0 Å². The van der Waals surface area contributed by atoms with Gasteiger partial charge in [-0.15, -0.1) is 0 Å². The third kappa shape index (κ3) is 2.71. The zero-order chi connectivity index (χ0) is 14.2. The van der Waals surface area contributed by atoms with E-state index in [1.807, 2.05) is 0 Å². The van der Waals surface area contributed by atoms with E-state index in [1.54, 1.807) is 0 Å². The highest BCUT2D eigenvalue weighted by Gasteiger charge is 2.13. The van der Waals surface area contributed by atoms with Crippen molar-refractivity contribution in [2.75, 3.05) is 0 Å². The monoisotopic (exact) mass is 253 g/mol. The Balaban J connectivity index is 2.46. The van der Waals surface area contributed by atoms with Crippen molar-refractivity contribution in [2.45, 2.75) is 40.7 Å². The van der Waals surface area contributed by atoms with Crippen LogP contribution in [-0.2, 0) is 0 Å². The van der Waals surface area contributed by atoms with Crippen LogP contribution in [0.5, 0.6) is 0 Å². The first-order valence-electron chi connectivity index (χ1n) is 6.80. The zero-order valence-electron chi connectivity index (χ0n) is 12.5. The summed E-state index contributed by atoms with van der Waals surface area (Å²) in [6.07, 6.45) is 0. The fraction of sp³-hybridized carbons (Fsp3) is 0.333. The first kappa shape index (κ1) is 13.8. The van der Waals surface area contributed by atoms with Gasteiger partial charge in [0.2, 0.25) is 0 Å². The molecule has 0 saturated carbocycles. The van der Waals surface area contributed by atoms with Gasteiger partial charge < -0.3 is 5.73 Å². The molecule has 0 spiro atoms. The van der Waals surface area contributed by atoms with Gasteiger partial charge in [-0.05, 0) is 73.6 Å². The number of aryl methyl sites for hydroxylation is 5. The van der Waals surface area contributed by atoms with E-state index in [0.29, 0.717) is 0 Å². The first-order valence-corrected chi connectivity index (χ1v) is 6.80. The summed E-state index contributed by atoms with van der Waals surface area (Å²) in [7, 11) is 0. The Morgan fingerprint density at radius 2 is 1.26 bits per heavy atom. The van der Waals surface area contributed by atoms with Crippen molar-refractivity contribution >= 4 is 0 Å². The van der Waals surface area contributed by atoms with Gasteiger partial charge in [-0.2, -0.15) is 0 Å². The Morgan fingerprint density at radius 3 is 1.89 bits per heavy atom. The minimum Gasteiger partial charge on any atom is -0.320 e. The van der Waals surface area contributed by atoms with E-state index < -0.39 is 0 Å². The molecule has 2 aromatic rings. The molecule has 2 rings (SSSR count). The fourth-order valence-corrected chi connectivity index (χ4v) is 2.46. The molecule has 1 atom stereocenters. The van der Waals surface area contributed by atoms with Crippen LogP contribution in [0.2, 0.25) is 0 Å². The molecule has 1 unspecified atom stereocenters. The predicted molar refractivity (Wildman–Crippen MR) is 82.6 cm³/mol. The number of hydrogen-bond acceptors (Lipinski definition) is 1. The molecule has 100 valence electrons. The standard InChI is InChI=1S/C18H23N/c1-11-6-7-16(9-13(11)3)18(19)17-10-14(4)12(2)8-15(17)5/h6-10,18H,19H2,1-5H3. The lowest BCUT2D eigenvalue weighted by atomic mass is 9.91. The van der Waals surface area contributed by atoms with Gasteiger partial charge in [0.05, 0.1) is 6.04 Å². The van der Waals surface area contributed by atoms with E-state index in [-0.39, 0.29) is 6.04 Å². The van der Waals surface area contributed by atoms with Gasteiger partial charge in [0.1, 0.15) is 0 Å². The van der Waals surface area contributed by atoms with Crippen LogP contribution in [0.4, 0.5) is 0 Å². The van der Waals surface area contributed by atoms with Gasteiger partial charge in [-0.3, -0.25) is 0 Å². The zero-order valence-corrected chi connectivity index (χ0v) is 12.5. The van der Waals surface area contributed by atoms with Crippen molar-refractivity contribution in [3.8, 4) is 0 Å². The molecule has 0 aliphatic heterocycles. The van der Waals surface area contributed by atoms with E-state index in [2.05, 4.69) is 65.0 Å². The van der Waals surface area contributed by atoms with Crippen LogP contribution >= 0.6 is 0 Å². The lowest BCUT2D eigenvalue weighted by Crippen LogP contribution is -2.14. The molecule has 1 nitrogen and oxygen atoms in total. The molecule has 19 heavy (non-hydrogen) atoms. The van der Waals surface area contributed by atoms with Crippen LogP contribution < -0.4 is 5.73 Å². The molecule has 2 aromatic carbocycles. The summed E-state index contributed by atoms with van der Waals surface area (Å²) in [6, 6.07) is 10.9. The maximum absolute atomic E-state index is 6.46. The first-order chi connectivity index (χ1) is 8.90. The maximum atomic E-state index is 6.46. The Bertz CT molecular complexity index is 611. The Hall–Kier alpha value is -1.60. The molecule has 0 amide bonds. The summed E-state index contributed by atoms with van der Waals surface area (Å²) >= 11 is 0. The van der Waals surface area contributed by atoms with E-state index in [0.717, 1.165) is 0 Å². The summed E-state index contributed by atoms with van der Waals surface area (Å²) in [4.78, 5) is 0. The van der Waals surface area contributed by atoms with Crippen LogP contribution in [0, 0.1) is 34.6 Å². The molecule has 2 N–H and O–H groups in total. The molecule has 0 aromatic heterocycles. The van der Waals surface area contributed by atoms with Gasteiger partial charge in [-0.1, -0.05) is 30.3 Å². The average molecular weight is 253 g/mol. The second kappa shape index (κ2) is 5.18. The van der Waals surface area contributed by atoms with Crippen molar-refractivity contribution in [1.82, 2.24) is 0 Å². The highest BCUT2D eigenvalue weighted by atomic mass is 14.6. The molecular formula is C18H23N. The van der Waals surface area contributed by atoms with Gasteiger partial charge in [0.15, 0.2) is 0 Å². The summed E-state index contributed by atoms with van der Waals surface area (Å²) in [5.74, 6) is 0. The molecule has 1 heteroatoms. The molecule has 0 aliphatic rings. The average Bonchev–Trinajstić information content (AvgIpc) is 2.36. The molecule has 0 bridgehead atoms. The van der Waals surface area contributed by atoms with E-state index in [4.69, 9.17) is 5.73 Å². The van der Waals surface area contributed by atoms with Crippen molar-refractivity contribution < 1.29 is 0 Å². The Labute approximate surface area is 116 Å². The third-order valence-electron chi connectivity index (χ3n) is 4.11. The van der Waals surface area contributed by atoms with Crippen molar-refractivity contribution in [2.24, 2.45) is 5.73 Å².